The molecule has 3 saturated heterocycles. The van der Waals surface area contributed by atoms with E-state index in [4.69, 9.17) is 147 Å². The molecule has 0 radical (unpaired) electrons. The van der Waals surface area contributed by atoms with Crippen molar-refractivity contribution in [2.24, 2.45) is 23.2 Å². The maximum atomic E-state index is 13.0. The summed E-state index contributed by atoms with van der Waals surface area (Å²) in [4.78, 5) is 44.4. The van der Waals surface area contributed by atoms with Crippen LogP contribution in [0.2, 0.25) is 0 Å². The lowest BCUT2D eigenvalue weighted by Gasteiger charge is -2.40. The molecule has 608 valence electrons. The Morgan fingerprint density at radius 2 is 0.618 bits per heavy atom. The van der Waals surface area contributed by atoms with Crippen LogP contribution in [0.5, 0.6) is 0 Å². The molecule has 3 heterocycles. The van der Waals surface area contributed by atoms with Crippen molar-refractivity contribution >= 4 is 75.0 Å². The van der Waals surface area contributed by atoms with Crippen molar-refractivity contribution in [2.75, 3.05) is 225 Å². The van der Waals surface area contributed by atoms with E-state index in [2.05, 4.69) is 12.2 Å². The van der Waals surface area contributed by atoms with Gasteiger partial charge in [0.15, 0.2) is 18.9 Å². The zero-order chi connectivity index (χ0) is 75.3. The number of aliphatic hydroxyl groups is 9. The van der Waals surface area contributed by atoms with Crippen LogP contribution in [-0.4, -0.2) is 360 Å². The van der Waals surface area contributed by atoms with Gasteiger partial charge in [-0.15, -0.1) is 0 Å². The largest absolute Gasteiger partial charge is 0.622 e. The van der Waals surface area contributed by atoms with Gasteiger partial charge in [0.25, 0.3) is 7.15 Å². The number of ether oxygens (including phenoxy) is 16. The summed E-state index contributed by atoms with van der Waals surface area (Å²) in [5, 5.41) is 89.0. The summed E-state index contributed by atoms with van der Waals surface area (Å²) in [6.45, 7) is -4.99. The lowest BCUT2D eigenvalue weighted by Crippen LogP contribution is -2.55. The van der Waals surface area contributed by atoms with Gasteiger partial charge in [0.05, 0.1) is 221 Å². The van der Waals surface area contributed by atoms with Gasteiger partial charge in [0.1, 0.15) is 43.2 Å². The summed E-state index contributed by atoms with van der Waals surface area (Å²) in [5.41, 5.74) is -1.00. The first kappa shape index (κ1) is 97.4. The first-order valence-electron chi connectivity index (χ1n) is 33.5. The third-order valence-corrected chi connectivity index (χ3v) is 22.0. The predicted molar refractivity (Wildman–Crippen MR) is 372 cm³/mol. The maximum absolute atomic E-state index is 13.0. The number of hydrogen-bond acceptors (Lipinski definition) is 38. The number of rotatable bonds is 65. The van der Waals surface area contributed by atoms with Gasteiger partial charge in [-0.05, 0) is 61.1 Å². The zero-order valence-corrected chi connectivity index (χ0v) is 65.3. The lowest BCUT2D eigenvalue weighted by molar-refractivity contribution is -0.284. The minimum absolute atomic E-state index is 0.000250. The highest BCUT2D eigenvalue weighted by molar-refractivity contribution is 8.46. The fraction of sp³-hybridized carbons (Fsp3) is 1.00. The van der Waals surface area contributed by atoms with Gasteiger partial charge in [-0.25, -0.2) is 0 Å². The summed E-state index contributed by atoms with van der Waals surface area (Å²) in [7, 11) is -2.57. The average Bonchev–Trinajstić information content (AvgIpc) is 0.821. The van der Waals surface area contributed by atoms with Crippen molar-refractivity contribution in [1.82, 2.24) is 0 Å². The van der Waals surface area contributed by atoms with Gasteiger partial charge in [0, 0.05) is 51.3 Å². The molecule has 0 bridgehead atoms. The molecule has 102 heavy (non-hydrogen) atoms. The highest BCUT2D eigenvalue weighted by atomic mass is 32.7. The number of hydrogen-bond donors (Lipinski definition) is 13. The minimum Gasteiger partial charge on any atom is -0.622 e. The standard InChI is InChI=1S/C57H114O37P4S4/c1-42-48(61)51(64)45(35-58)92-54(42)82-29-23-72-17-20-75-26-32-89-96(68,100)86-14-6-10-79-39-57(38-78-9-5-13-85-95(67,99)71-4,40-80-11-7-15-87-97(69,101)90-33-27-76-21-18-73-24-30-83-55-43(2)49(62)52(65)46(36-59)93-55)41-81-12-8-16-88-98(70,102)91-34-28-77-22-19-74-25-31-84-56-44(3)50(63)53(66)47(37-60)94-56/h42-56,58-66H,5-41H2,1-4H3,(H,67,99)(H,68,100)(H,69,101)(H,70,102)/t42-,43?,44?,45?,46?,47?,48?,49+,50+,51-,52-,53-,54+,55+,56+,57?,95?,96?,97?,98?/m0/s1. The minimum atomic E-state index is -3.82. The third-order valence-electron chi connectivity index (χ3n) is 15.3. The van der Waals surface area contributed by atoms with Crippen molar-refractivity contribution in [3.05, 3.63) is 0 Å². The Morgan fingerprint density at radius 3 is 0.922 bits per heavy atom. The second-order valence-electron chi connectivity index (χ2n) is 23.5. The molecule has 37 nitrogen and oxygen atoms in total. The molecule has 0 amide bonds. The van der Waals surface area contributed by atoms with E-state index in [1.165, 1.54) is 7.11 Å². The van der Waals surface area contributed by atoms with Crippen molar-refractivity contribution in [3.8, 4) is 0 Å². The molecule has 19 atom stereocenters. The van der Waals surface area contributed by atoms with Crippen molar-refractivity contribution in [2.45, 2.75) is 120 Å². The Bertz CT molecular complexity index is 2160. The molecule has 3 rings (SSSR count). The summed E-state index contributed by atoms with van der Waals surface area (Å²) >= 11 is 19.4. The monoisotopic (exact) mass is 1640 g/mol. The van der Waals surface area contributed by atoms with Crippen LogP contribution in [0.25, 0.3) is 0 Å². The average molecular weight is 1640 g/mol. The van der Waals surface area contributed by atoms with Crippen LogP contribution in [0.15, 0.2) is 0 Å². The molecule has 0 aromatic carbocycles. The van der Waals surface area contributed by atoms with Crippen molar-refractivity contribution in [3.63, 3.8) is 0 Å². The molecule has 3 fully saturated rings. The molecule has 45 heteroatoms. The van der Waals surface area contributed by atoms with Gasteiger partial charge >= 0.3 is 20.2 Å². The van der Waals surface area contributed by atoms with Gasteiger partial charge in [0.2, 0.25) is 0 Å². The molecule has 0 aromatic rings. The third kappa shape index (κ3) is 41.7. The molecule has 12 N–H and O–H groups in total. The second-order valence-corrected chi connectivity index (χ2v) is 35.0. The van der Waals surface area contributed by atoms with E-state index in [0.717, 1.165) is 0 Å². The maximum Gasteiger partial charge on any atom is 0.324 e. The van der Waals surface area contributed by atoms with E-state index in [0.29, 0.717) is 6.42 Å². The summed E-state index contributed by atoms with van der Waals surface area (Å²) in [5.74, 6) is -1.61. The molecule has 0 spiro atoms. The molecule has 0 saturated carbocycles. The highest BCUT2D eigenvalue weighted by Gasteiger charge is 2.45. The van der Waals surface area contributed by atoms with Crippen LogP contribution < -0.4 is 4.89 Å². The fourth-order valence-electron chi connectivity index (χ4n) is 9.44. The van der Waals surface area contributed by atoms with Gasteiger partial charge in [-0.1, -0.05) is 20.8 Å². The molecular weight excluding hydrogens is 1530 g/mol. The molecule has 3 aliphatic heterocycles. The lowest BCUT2D eigenvalue weighted by atomic mass is 9.92. The quantitative estimate of drug-likeness (QED) is 0.0184. The Hall–Kier alpha value is 1.25. The Labute approximate surface area is 618 Å². The normalized spacial score (nSPS) is 28.7. The SMILES string of the molecule is COP(O)(=S)OCCCOCC(COCCCOP(O)(=S)OCCOCCOCCO[C@@H]1OC(CO)[C@H](O)[C@H](O)C1C)(COCCCOP(O)(=S)OCCOCCOCCO[C@@H]1OC(CO)[C@H](O)[C@H](O)C1C)COCCCO[P+]([O-])(S)OCCOCCOCCO[C@@H]1OC(CO)[C@H](O)C(O)[C@@H]1C. The zero-order valence-electron chi connectivity index (χ0n) is 58.4. The predicted octanol–water partition coefficient (Wildman–Crippen LogP) is -1.64. The fourth-order valence-corrected chi connectivity index (χ4v) is 13.7. The molecule has 0 aromatic heterocycles. The topological polar surface area (TPSA) is 487 Å². The van der Waals surface area contributed by atoms with E-state index in [1.807, 2.05) is 0 Å². The molecule has 3 aliphatic rings. The summed E-state index contributed by atoms with van der Waals surface area (Å²) < 4.78 is 134. The Kier molecular flexibility index (Phi) is 53.2. The highest BCUT2D eigenvalue weighted by Crippen LogP contribution is 2.57. The first-order valence-corrected chi connectivity index (χ1v) is 44.0. The van der Waals surface area contributed by atoms with E-state index in [-0.39, 0.29) is 217 Å². The van der Waals surface area contributed by atoms with Crippen LogP contribution in [0.1, 0.15) is 46.5 Å². The van der Waals surface area contributed by atoms with Crippen LogP contribution in [-0.2, 0) is 147 Å². The van der Waals surface area contributed by atoms with Crippen LogP contribution in [0.3, 0.4) is 0 Å². The van der Waals surface area contributed by atoms with Crippen LogP contribution >= 0.6 is 39.5 Å². The smallest absolute Gasteiger partial charge is 0.324 e. The van der Waals surface area contributed by atoms with Crippen molar-refractivity contribution < 1.29 is 178 Å². The number of aliphatic hydroxyl groups excluding tert-OH is 9. The Balaban J connectivity index is 1.45. The van der Waals surface area contributed by atoms with E-state index >= 15 is 0 Å². The summed E-state index contributed by atoms with van der Waals surface area (Å²) in [6, 6.07) is 0. The molecule has 10 unspecified atom stereocenters. The van der Waals surface area contributed by atoms with Gasteiger partial charge in [-0.2, -0.15) is 9.05 Å². The first-order chi connectivity index (χ1) is 48.7. The Morgan fingerprint density at radius 1 is 0.363 bits per heavy atom. The summed E-state index contributed by atoms with van der Waals surface area (Å²) in [6.07, 6.45) is -11.4. The van der Waals surface area contributed by atoms with E-state index in [1.54, 1.807) is 20.8 Å². The van der Waals surface area contributed by atoms with Crippen LogP contribution in [0.4, 0.5) is 0 Å². The number of thiol groups is 1. The van der Waals surface area contributed by atoms with Crippen LogP contribution in [0, 0.1) is 23.2 Å². The van der Waals surface area contributed by atoms with E-state index in [9.17, 15) is 65.5 Å². The van der Waals surface area contributed by atoms with Gasteiger partial charge < -0.3 is 168 Å². The molecule has 0 aliphatic carbocycles. The molecular formula is C57H114O37P4S4. The van der Waals surface area contributed by atoms with Crippen molar-refractivity contribution in [1.29, 1.82) is 0 Å². The van der Waals surface area contributed by atoms with E-state index < -0.39 is 144 Å². The second kappa shape index (κ2) is 55.6. The van der Waals surface area contributed by atoms with Gasteiger partial charge in [-0.3, -0.25) is 0 Å².